The van der Waals surface area contributed by atoms with Crippen molar-refractivity contribution >= 4 is 11.9 Å². The number of aromatic nitrogens is 2. The minimum Gasteiger partial charge on any atom is -0.497 e. The molecule has 7 heteroatoms. The van der Waals surface area contributed by atoms with Crippen LogP contribution in [0.2, 0.25) is 0 Å². The van der Waals surface area contributed by atoms with Gasteiger partial charge in [-0.25, -0.2) is 9.78 Å². The molecule has 1 aromatic carbocycles. The van der Waals surface area contributed by atoms with Crippen molar-refractivity contribution in [3.05, 3.63) is 41.5 Å². The maximum absolute atomic E-state index is 13.1. The summed E-state index contributed by atoms with van der Waals surface area (Å²) >= 11 is 0. The molecular formula is C18H19N3O4. The third-order valence-corrected chi connectivity index (χ3v) is 4.80. The van der Waals surface area contributed by atoms with Crippen LogP contribution >= 0.6 is 0 Å². The van der Waals surface area contributed by atoms with E-state index in [-0.39, 0.29) is 24.2 Å². The number of rotatable bonds is 3. The normalized spacial score (nSPS) is 18.2. The van der Waals surface area contributed by atoms with E-state index >= 15 is 0 Å². The molecule has 1 fully saturated rings. The van der Waals surface area contributed by atoms with Crippen molar-refractivity contribution in [2.75, 3.05) is 20.3 Å². The summed E-state index contributed by atoms with van der Waals surface area (Å²) < 4.78 is 12.3. The second-order valence-electron chi connectivity index (χ2n) is 6.11. The highest BCUT2D eigenvalue weighted by atomic mass is 16.5. The van der Waals surface area contributed by atoms with E-state index in [0.29, 0.717) is 23.5 Å². The summed E-state index contributed by atoms with van der Waals surface area (Å²) in [6.07, 6.45) is 3.29. The molecule has 0 saturated carbocycles. The van der Waals surface area contributed by atoms with Gasteiger partial charge in [0.05, 0.1) is 36.7 Å². The summed E-state index contributed by atoms with van der Waals surface area (Å²) in [6.45, 7) is 2.71. The van der Waals surface area contributed by atoms with Crippen molar-refractivity contribution in [1.29, 1.82) is 0 Å². The van der Waals surface area contributed by atoms with E-state index in [1.54, 1.807) is 32.5 Å². The van der Waals surface area contributed by atoms with Crippen LogP contribution in [0.15, 0.2) is 24.5 Å². The molecule has 0 aliphatic carbocycles. The quantitative estimate of drug-likeness (QED) is 0.801. The molecule has 2 aliphatic rings. The van der Waals surface area contributed by atoms with Crippen molar-refractivity contribution in [2.45, 2.75) is 25.8 Å². The minimum atomic E-state index is -0.451. The summed E-state index contributed by atoms with van der Waals surface area (Å²) in [5.74, 6) is 0.124. The molecule has 1 atom stereocenters. The largest absolute Gasteiger partial charge is 0.497 e. The van der Waals surface area contributed by atoms with Crippen molar-refractivity contribution in [3.8, 4) is 11.4 Å². The number of amides is 1. The highest BCUT2D eigenvalue weighted by Gasteiger charge is 2.40. The van der Waals surface area contributed by atoms with Gasteiger partial charge in [-0.2, -0.15) is 0 Å². The Morgan fingerprint density at radius 2 is 2.24 bits per heavy atom. The minimum absolute atomic E-state index is 0.0464. The number of hydrogen-bond donors (Lipinski definition) is 0. The summed E-state index contributed by atoms with van der Waals surface area (Å²) in [5, 5.41) is 0. The topological polar surface area (TPSA) is 73.7 Å². The maximum atomic E-state index is 13.1. The van der Waals surface area contributed by atoms with Crippen molar-refractivity contribution in [3.63, 3.8) is 0 Å². The monoisotopic (exact) mass is 341 g/mol. The van der Waals surface area contributed by atoms with Crippen LogP contribution in [0.3, 0.4) is 0 Å². The van der Waals surface area contributed by atoms with E-state index in [4.69, 9.17) is 9.47 Å². The Hall–Kier alpha value is -2.83. The molecule has 1 aromatic heterocycles. The van der Waals surface area contributed by atoms with Gasteiger partial charge < -0.3 is 14.4 Å². The molecule has 7 nitrogen and oxygen atoms in total. The number of methoxy groups -OCH3 is 1. The van der Waals surface area contributed by atoms with Gasteiger partial charge in [-0.05, 0) is 38.0 Å². The zero-order valence-electron chi connectivity index (χ0n) is 14.2. The molecule has 1 amide bonds. The highest BCUT2D eigenvalue weighted by Crippen LogP contribution is 2.40. The first-order chi connectivity index (χ1) is 12.2. The van der Waals surface area contributed by atoms with Gasteiger partial charge in [-0.15, -0.1) is 0 Å². The number of imidazole rings is 1. The van der Waals surface area contributed by atoms with E-state index in [1.807, 2.05) is 15.5 Å². The molecule has 0 radical (unpaired) electrons. The molecule has 0 unspecified atom stereocenters. The van der Waals surface area contributed by atoms with Gasteiger partial charge in [0.15, 0.2) is 5.69 Å². The smallest absolute Gasteiger partial charge is 0.358 e. The van der Waals surface area contributed by atoms with Gasteiger partial charge in [-0.3, -0.25) is 9.36 Å². The average Bonchev–Trinajstić information content (AvgIpc) is 3.25. The standard InChI is InChI=1S/C18H19N3O4/c1-3-25-18(23)15-16-14-5-4-8-20(14)17(22)12-9-11(24-2)6-7-13(12)21(16)10-19-15/h6-7,9-10,14H,3-5,8H2,1-2H3/t14-/m0/s1. The van der Waals surface area contributed by atoms with Crippen LogP contribution in [0, 0.1) is 0 Å². The second kappa shape index (κ2) is 5.91. The lowest BCUT2D eigenvalue weighted by Gasteiger charge is -2.22. The van der Waals surface area contributed by atoms with E-state index in [2.05, 4.69) is 4.98 Å². The Labute approximate surface area is 145 Å². The van der Waals surface area contributed by atoms with Crippen LogP contribution < -0.4 is 4.74 Å². The van der Waals surface area contributed by atoms with Gasteiger partial charge in [0.25, 0.3) is 5.91 Å². The van der Waals surface area contributed by atoms with E-state index in [1.165, 1.54) is 0 Å². The Morgan fingerprint density at radius 1 is 1.40 bits per heavy atom. The fraction of sp³-hybridized carbons (Fsp3) is 0.389. The fourth-order valence-corrected chi connectivity index (χ4v) is 3.70. The molecule has 130 valence electrons. The number of nitrogens with zero attached hydrogens (tertiary/aromatic N) is 3. The number of carbonyl (C=O) groups is 2. The SMILES string of the molecule is CCOC(=O)c1ncn2c1[C@@H]1CCCN1C(=O)c1cc(OC)ccc1-2. The first-order valence-corrected chi connectivity index (χ1v) is 8.39. The van der Waals surface area contributed by atoms with Gasteiger partial charge in [0.2, 0.25) is 0 Å². The second-order valence-corrected chi connectivity index (χ2v) is 6.11. The number of hydrogen-bond acceptors (Lipinski definition) is 5. The van der Waals surface area contributed by atoms with Crippen molar-refractivity contribution < 1.29 is 19.1 Å². The van der Waals surface area contributed by atoms with Crippen LogP contribution in [0.25, 0.3) is 5.69 Å². The average molecular weight is 341 g/mol. The van der Waals surface area contributed by atoms with Crippen LogP contribution in [0.1, 0.15) is 52.3 Å². The van der Waals surface area contributed by atoms with Gasteiger partial charge in [0.1, 0.15) is 12.1 Å². The molecule has 2 aromatic rings. The highest BCUT2D eigenvalue weighted by molar-refractivity contribution is 6.00. The van der Waals surface area contributed by atoms with Gasteiger partial charge in [0, 0.05) is 6.54 Å². The lowest BCUT2D eigenvalue weighted by atomic mass is 10.1. The van der Waals surface area contributed by atoms with Crippen LogP contribution in [-0.2, 0) is 4.74 Å². The summed E-state index contributed by atoms with van der Waals surface area (Å²) in [7, 11) is 1.57. The molecule has 0 bridgehead atoms. The predicted octanol–water partition coefficient (Wildman–Crippen LogP) is 2.35. The third kappa shape index (κ3) is 2.30. The Balaban J connectivity index is 1.95. The molecule has 4 rings (SSSR count). The lowest BCUT2D eigenvalue weighted by Crippen LogP contribution is -2.30. The van der Waals surface area contributed by atoms with Crippen LogP contribution in [-0.4, -0.2) is 46.6 Å². The Morgan fingerprint density at radius 3 is 3.00 bits per heavy atom. The van der Waals surface area contributed by atoms with Crippen molar-refractivity contribution in [2.24, 2.45) is 0 Å². The zero-order chi connectivity index (χ0) is 17.6. The number of benzene rings is 1. The summed E-state index contributed by atoms with van der Waals surface area (Å²) in [6, 6.07) is 5.20. The molecule has 25 heavy (non-hydrogen) atoms. The number of fused-ring (bicyclic) bond motifs is 5. The van der Waals surface area contributed by atoms with Crippen molar-refractivity contribution in [1.82, 2.24) is 14.5 Å². The Kier molecular flexibility index (Phi) is 3.71. The summed E-state index contributed by atoms with van der Waals surface area (Å²) in [4.78, 5) is 31.6. The summed E-state index contributed by atoms with van der Waals surface area (Å²) in [5.41, 5.74) is 2.28. The first-order valence-electron chi connectivity index (χ1n) is 8.39. The molecule has 0 spiro atoms. The Bertz CT molecular complexity index is 858. The van der Waals surface area contributed by atoms with E-state index in [9.17, 15) is 9.59 Å². The third-order valence-electron chi connectivity index (χ3n) is 4.80. The lowest BCUT2D eigenvalue weighted by molar-refractivity contribution is 0.0513. The first kappa shape index (κ1) is 15.7. The van der Waals surface area contributed by atoms with Crippen LogP contribution in [0.4, 0.5) is 0 Å². The molecule has 2 aliphatic heterocycles. The predicted molar refractivity (Wildman–Crippen MR) is 89.1 cm³/mol. The molecular weight excluding hydrogens is 322 g/mol. The van der Waals surface area contributed by atoms with Crippen LogP contribution in [0.5, 0.6) is 5.75 Å². The number of esters is 1. The zero-order valence-corrected chi connectivity index (χ0v) is 14.2. The van der Waals surface area contributed by atoms with E-state index in [0.717, 1.165) is 18.5 Å². The van der Waals surface area contributed by atoms with Gasteiger partial charge in [-0.1, -0.05) is 0 Å². The number of carbonyl (C=O) groups excluding carboxylic acids is 2. The number of ether oxygens (including phenoxy) is 2. The molecule has 3 heterocycles. The molecule has 0 N–H and O–H groups in total. The van der Waals surface area contributed by atoms with Gasteiger partial charge >= 0.3 is 5.97 Å². The fourth-order valence-electron chi connectivity index (χ4n) is 3.70. The molecule has 1 saturated heterocycles. The maximum Gasteiger partial charge on any atom is 0.358 e. The van der Waals surface area contributed by atoms with E-state index < -0.39 is 5.97 Å².